The third-order valence-corrected chi connectivity index (χ3v) is 3.12. The van der Waals surface area contributed by atoms with Crippen LogP contribution in [0.25, 0.3) is 0 Å². The number of benzene rings is 1. The van der Waals surface area contributed by atoms with Gasteiger partial charge in [0.25, 0.3) is 0 Å². The number of hydrogen-bond acceptors (Lipinski definition) is 2. The molecule has 2 nitrogen and oxygen atoms in total. The fourth-order valence-electron chi connectivity index (χ4n) is 1.93. The summed E-state index contributed by atoms with van der Waals surface area (Å²) in [5.41, 5.74) is 2.06. The fraction of sp³-hybridized carbons (Fsp3) is 0.250. The summed E-state index contributed by atoms with van der Waals surface area (Å²) in [6.07, 6.45) is 3.11. The Hall–Kier alpha value is -1.96. The smallest absolute Gasteiger partial charge is 0.141 e. The molecule has 1 unspecified atom stereocenters. The summed E-state index contributed by atoms with van der Waals surface area (Å²) in [6, 6.07) is 15.8. The van der Waals surface area contributed by atoms with Gasteiger partial charge >= 0.3 is 0 Å². The van der Waals surface area contributed by atoms with Crippen LogP contribution in [0.2, 0.25) is 0 Å². The van der Waals surface area contributed by atoms with Crippen LogP contribution in [0.5, 0.6) is 0 Å². The van der Waals surface area contributed by atoms with E-state index in [0.717, 1.165) is 12.1 Å². The first kappa shape index (κ1) is 12.5. The Labute approximate surface area is 108 Å². The minimum Gasteiger partial charge on any atom is -0.299 e. The molecule has 0 radical (unpaired) electrons. The topological polar surface area (TPSA) is 30.0 Å². The second-order valence-corrected chi connectivity index (χ2v) is 4.43. The van der Waals surface area contributed by atoms with E-state index in [4.69, 9.17) is 0 Å². The quantitative estimate of drug-likeness (QED) is 0.800. The van der Waals surface area contributed by atoms with E-state index in [0.29, 0.717) is 6.42 Å². The van der Waals surface area contributed by atoms with Crippen molar-refractivity contribution in [2.24, 2.45) is 0 Å². The molecule has 0 saturated carbocycles. The molecule has 0 aliphatic heterocycles. The van der Waals surface area contributed by atoms with Gasteiger partial charge in [-0.3, -0.25) is 9.78 Å². The summed E-state index contributed by atoms with van der Waals surface area (Å²) < 4.78 is 0. The van der Waals surface area contributed by atoms with Gasteiger partial charge in [-0.1, -0.05) is 36.4 Å². The van der Waals surface area contributed by atoms with Gasteiger partial charge in [-0.2, -0.15) is 0 Å². The standard InChI is InChI=1S/C16H17NO/c1-13(15-9-5-6-12-17-15)16(18)11-10-14-7-3-2-4-8-14/h2-9,12-13H,10-11H2,1H3. The molecule has 18 heavy (non-hydrogen) atoms. The van der Waals surface area contributed by atoms with Gasteiger partial charge in [-0.25, -0.2) is 0 Å². The molecule has 1 heterocycles. The molecule has 0 N–H and O–H groups in total. The van der Waals surface area contributed by atoms with Crippen LogP contribution in [0.1, 0.15) is 30.5 Å². The van der Waals surface area contributed by atoms with E-state index in [1.54, 1.807) is 6.20 Å². The number of aromatic nitrogens is 1. The largest absolute Gasteiger partial charge is 0.299 e. The van der Waals surface area contributed by atoms with Crippen LogP contribution in [0.4, 0.5) is 0 Å². The lowest BCUT2D eigenvalue weighted by molar-refractivity contribution is -0.120. The van der Waals surface area contributed by atoms with Crippen LogP contribution in [-0.2, 0) is 11.2 Å². The van der Waals surface area contributed by atoms with Crippen LogP contribution in [0.15, 0.2) is 54.7 Å². The SMILES string of the molecule is CC(C(=O)CCc1ccccc1)c1ccccn1. The first-order valence-electron chi connectivity index (χ1n) is 6.25. The average molecular weight is 239 g/mol. The van der Waals surface area contributed by atoms with Crippen LogP contribution < -0.4 is 0 Å². The Bertz CT molecular complexity index is 493. The molecule has 0 fully saturated rings. The number of aryl methyl sites for hydroxylation is 1. The third-order valence-electron chi connectivity index (χ3n) is 3.12. The predicted molar refractivity (Wildman–Crippen MR) is 72.4 cm³/mol. The molecule has 0 aliphatic rings. The summed E-state index contributed by atoms with van der Waals surface area (Å²) in [4.78, 5) is 16.3. The summed E-state index contributed by atoms with van der Waals surface area (Å²) in [7, 11) is 0. The van der Waals surface area contributed by atoms with Gasteiger partial charge in [0, 0.05) is 12.6 Å². The number of pyridine rings is 1. The number of carbonyl (C=O) groups excluding carboxylic acids is 1. The number of carbonyl (C=O) groups is 1. The van der Waals surface area contributed by atoms with E-state index in [1.165, 1.54) is 5.56 Å². The van der Waals surface area contributed by atoms with Gasteiger partial charge in [-0.15, -0.1) is 0 Å². The lowest BCUT2D eigenvalue weighted by atomic mass is 9.96. The normalized spacial score (nSPS) is 12.1. The Kier molecular flexibility index (Phi) is 4.24. The first-order chi connectivity index (χ1) is 8.77. The number of ketones is 1. The molecule has 0 aliphatic carbocycles. The zero-order chi connectivity index (χ0) is 12.8. The summed E-state index contributed by atoms with van der Waals surface area (Å²) in [5, 5.41) is 0. The van der Waals surface area contributed by atoms with Crippen LogP contribution in [0.3, 0.4) is 0 Å². The van der Waals surface area contributed by atoms with Gasteiger partial charge < -0.3 is 0 Å². The highest BCUT2D eigenvalue weighted by Gasteiger charge is 2.15. The maximum Gasteiger partial charge on any atom is 0.141 e. The van der Waals surface area contributed by atoms with Crippen molar-refractivity contribution in [1.82, 2.24) is 4.98 Å². The monoisotopic (exact) mass is 239 g/mol. The number of nitrogens with zero attached hydrogens (tertiary/aromatic N) is 1. The van der Waals surface area contributed by atoms with Gasteiger partial charge in [-0.05, 0) is 31.0 Å². The van der Waals surface area contributed by atoms with Crippen LogP contribution in [-0.4, -0.2) is 10.8 Å². The van der Waals surface area contributed by atoms with E-state index in [1.807, 2.05) is 43.3 Å². The molecule has 1 aromatic heterocycles. The molecule has 0 saturated heterocycles. The second-order valence-electron chi connectivity index (χ2n) is 4.43. The van der Waals surface area contributed by atoms with Crippen molar-refractivity contribution in [2.75, 3.05) is 0 Å². The lowest BCUT2D eigenvalue weighted by Gasteiger charge is -2.09. The van der Waals surface area contributed by atoms with E-state index in [-0.39, 0.29) is 11.7 Å². The summed E-state index contributed by atoms with van der Waals surface area (Å²) >= 11 is 0. The molecule has 0 spiro atoms. The highest BCUT2D eigenvalue weighted by atomic mass is 16.1. The van der Waals surface area contributed by atoms with E-state index < -0.39 is 0 Å². The van der Waals surface area contributed by atoms with E-state index in [2.05, 4.69) is 17.1 Å². The van der Waals surface area contributed by atoms with Gasteiger partial charge in [0.05, 0.1) is 11.6 Å². The first-order valence-corrected chi connectivity index (χ1v) is 6.25. The van der Waals surface area contributed by atoms with Crippen molar-refractivity contribution in [3.8, 4) is 0 Å². The summed E-state index contributed by atoms with van der Waals surface area (Å²) in [6.45, 7) is 1.93. The molecule has 0 bridgehead atoms. The minimum absolute atomic E-state index is 0.116. The lowest BCUT2D eigenvalue weighted by Crippen LogP contribution is -2.11. The number of rotatable bonds is 5. The number of hydrogen-bond donors (Lipinski definition) is 0. The number of Topliss-reactive ketones (excluding diaryl/α,β-unsaturated/α-hetero) is 1. The molecule has 92 valence electrons. The molecular weight excluding hydrogens is 222 g/mol. The highest BCUT2D eigenvalue weighted by molar-refractivity contribution is 5.85. The highest BCUT2D eigenvalue weighted by Crippen LogP contribution is 2.16. The Morgan fingerprint density at radius 1 is 1.11 bits per heavy atom. The summed E-state index contributed by atoms with van der Waals surface area (Å²) in [5.74, 6) is 0.132. The van der Waals surface area contributed by atoms with Crippen molar-refractivity contribution < 1.29 is 4.79 Å². The van der Waals surface area contributed by atoms with Crippen molar-refractivity contribution in [1.29, 1.82) is 0 Å². The van der Waals surface area contributed by atoms with Crippen molar-refractivity contribution >= 4 is 5.78 Å². The van der Waals surface area contributed by atoms with Crippen molar-refractivity contribution in [2.45, 2.75) is 25.7 Å². The van der Waals surface area contributed by atoms with Gasteiger partial charge in [0.2, 0.25) is 0 Å². The van der Waals surface area contributed by atoms with E-state index in [9.17, 15) is 4.79 Å². The molecular formula is C16H17NO. The maximum atomic E-state index is 12.1. The molecule has 2 rings (SSSR count). The third kappa shape index (κ3) is 3.27. The average Bonchev–Trinajstić information content (AvgIpc) is 2.46. The predicted octanol–water partition coefficient (Wildman–Crippen LogP) is 3.39. The zero-order valence-electron chi connectivity index (χ0n) is 10.5. The van der Waals surface area contributed by atoms with E-state index >= 15 is 0 Å². The fourth-order valence-corrected chi connectivity index (χ4v) is 1.93. The second kappa shape index (κ2) is 6.10. The molecule has 1 aromatic carbocycles. The molecule has 2 aromatic rings. The molecule has 0 amide bonds. The minimum atomic E-state index is -0.116. The molecule has 1 atom stereocenters. The zero-order valence-corrected chi connectivity index (χ0v) is 10.5. The maximum absolute atomic E-state index is 12.1. The van der Waals surface area contributed by atoms with Gasteiger partial charge in [0.15, 0.2) is 0 Å². The van der Waals surface area contributed by atoms with Gasteiger partial charge in [0.1, 0.15) is 5.78 Å². The van der Waals surface area contributed by atoms with Crippen molar-refractivity contribution in [3.63, 3.8) is 0 Å². The van der Waals surface area contributed by atoms with Crippen molar-refractivity contribution in [3.05, 3.63) is 66.0 Å². The van der Waals surface area contributed by atoms with Crippen LogP contribution in [0, 0.1) is 0 Å². The Balaban J connectivity index is 1.93. The van der Waals surface area contributed by atoms with Crippen LogP contribution >= 0.6 is 0 Å². The molecule has 2 heteroatoms. The Morgan fingerprint density at radius 3 is 2.50 bits per heavy atom. The Morgan fingerprint density at radius 2 is 1.83 bits per heavy atom.